The maximum Gasteiger partial charge on any atom is 0.256 e. The molecule has 1 N–H and O–H groups in total. The molecule has 1 atom stereocenters. The van der Waals surface area contributed by atoms with Crippen LogP contribution in [0.15, 0.2) is 30.7 Å². The highest BCUT2D eigenvalue weighted by molar-refractivity contribution is 7.90. The number of sulfonamides is 1. The predicted molar refractivity (Wildman–Crippen MR) is 109 cm³/mol. The summed E-state index contributed by atoms with van der Waals surface area (Å²) in [6, 6.07) is 3.64. The fourth-order valence-electron chi connectivity index (χ4n) is 4.30. The van der Waals surface area contributed by atoms with Crippen molar-refractivity contribution in [1.29, 1.82) is 0 Å². The van der Waals surface area contributed by atoms with E-state index >= 15 is 0 Å². The molecule has 30 heavy (non-hydrogen) atoms. The Balaban J connectivity index is 1.34. The molecule has 1 saturated heterocycles. The zero-order valence-electron chi connectivity index (χ0n) is 16.8. The minimum Gasteiger partial charge on any atom is -0.352 e. The van der Waals surface area contributed by atoms with Crippen molar-refractivity contribution in [3.8, 4) is 0 Å². The minimum atomic E-state index is -3.22. The summed E-state index contributed by atoms with van der Waals surface area (Å²) in [5.74, 6) is 0.978. The Morgan fingerprint density at radius 3 is 2.67 bits per heavy atom. The molecule has 2 fully saturated rings. The van der Waals surface area contributed by atoms with Gasteiger partial charge in [-0.2, -0.15) is 0 Å². The van der Waals surface area contributed by atoms with Gasteiger partial charge >= 0.3 is 0 Å². The number of pyridine rings is 1. The van der Waals surface area contributed by atoms with Crippen LogP contribution >= 0.6 is 0 Å². The van der Waals surface area contributed by atoms with E-state index < -0.39 is 21.7 Å². The smallest absolute Gasteiger partial charge is 0.256 e. The molecule has 0 radical (unpaired) electrons. The SMILES string of the molecule is Cc1ccc(NC(=O)C2Cn3ccnc3C3(CCN(S(=O)(=O)C4CC4)CC3)O2)nc1. The van der Waals surface area contributed by atoms with Crippen LogP contribution < -0.4 is 5.32 Å². The number of hydrogen-bond acceptors (Lipinski definition) is 6. The molecule has 0 aromatic carbocycles. The Kier molecular flexibility index (Phi) is 4.68. The van der Waals surface area contributed by atoms with E-state index in [1.54, 1.807) is 22.8 Å². The molecule has 1 saturated carbocycles. The molecule has 0 bridgehead atoms. The normalized spacial score (nSPS) is 23.8. The lowest BCUT2D eigenvalue weighted by Crippen LogP contribution is -2.54. The molecular weight excluding hydrogens is 406 g/mol. The van der Waals surface area contributed by atoms with Crippen LogP contribution in [-0.2, 0) is 31.7 Å². The van der Waals surface area contributed by atoms with Crippen LogP contribution in [0.5, 0.6) is 0 Å². The molecule has 2 aliphatic heterocycles. The highest BCUT2D eigenvalue weighted by Gasteiger charge is 2.50. The number of fused-ring (bicyclic) bond motifs is 2. The first kappa shape index (κ1) is 19.7. The van der Waals surface area contributed by atoms with Crippen molar-refractivity contribution >= 4 is 21.7 Å². The van der Waals surface area contributed by atoms with Gasteiger partial charge in [0.25, 0.3) is 5.91 Å². The molecule has 1 aliphatic carbocycles. The van der Waals surface area contributed by atoms with E-state index in [2.05, 4.69) is 15.3 Å². The number of aryl methyl sites for hydroxylation is 1. The molecule has 10 heteroatoms. The highest BCUT2D eigenvalue weighted by Crippen LogP contribution is 2.42. The van der Waals surface area contributed by atoms with Crippen molar-refractivity contribution in [2.24, 2.45) is 0 Å². The Hall–Kier alpha value is -2.30. The number of ether oxygens (including phenoxy) is 1. The maximum absolute atomic E-state index is 12.9. The van der Waals surface area contributed by atoms with Crippen LogP contribution in [0, 0.1) is 6.92 Å². The lowest BCUT2D eigenvalue weighted by molar-refractivity contribution is -0.166. The lowest BCUT2D eigenvalue weighted by atomic mass is 9.89. The summed E-state index contributed by atoms with van der Waals surface area (Å²) in [6.07, 6.45) is 6.99. The zero-order chi connectivity index (χ0) is 20.9. The zero-order valence-corrected chi connectivity index (χ0v) is 17.6. The van der Waals surface area contributed by atoms with Gasteiger partial charge in [0.15, 0.2) is 6.10 Å². The van der Waals surface area contributed by atoms with Gasteiger partial charge in [-0.1, -0.05) is 6.07 Å². The van der Waals surface area contributed by atoms with Crippen molar-refractivity contribution < 1.29 is 17.9 Å². The molecule has 1 spiro atoms. The van der Waals surface area contributed by atoms with Gasteiger partial charge in [-0.3, -0.25) is 4.79 Å². The van der Waals surface area contributed by atoms with Gasteiger partial charge in [-0.15, -0.1) is 0 Å². The van der Waals surface area contributed by atoms with Gasteiger partial charge in [0, 0.05) is 31.7 Å². The quantitative estimate of drug-likeness (QED) is 0.785. The first-order valence-electron chi connectivity index (χ1n) is 10.3. The summed E-state index contributed by atoms with van der Waals surface area (Å²) in [6.45, 7) is 3.04. The molecule has 9 nitrogen and oxygen atoms in total. The van der Waals surface area contributed by atoms with Gasteiger partial charge in [0.2, 0.25) is 10.0 Å². The third-order valence-electron chi connectivity index (χ3n) is 6.14. The number of carbonyl (C=O) groups excluding carboxylic acids is 1. The van der Waals surface area contributed by atoms with Crippen molar-refractivity contribution in [3.63, 3.8) is 0 Å². The van der Waals surface area contributed by atoms with Crippen LogP contribution in [0.2, 0.25) is 0 Å². The number of imidazole rings is 1. The van der Waals surface area contributed by atoms with Gasteiger partial charge < -0.3 is 14.6 Å². The second kappa shape index (κ2) is 7.14. The van der Waals surface area contributed by atoms with Crippen molar-refractivity contribution in [2.45, 2.75) is 56.1 Å². The summed E-state index contributed by atoms with van der Waals surface area (Å²) >= 11 is 0. The summed E-state index contributed by atoms with van der Waals surface area (Å²) < 4.78 is 35.1. The fourth-order valence-corrected chi connectivity index (χ4v) is 6.15. The highest BCUT2D eigenvalue weighted by atomic mass is 32.2. The van der Waals surface area contributed by atoms with Crippen molar-refractivity contribution in [3.05, 3.63) is 42.1 Å². The average Bonchev–Trinajstić information content (AvgIpc) is 3.49. The fraction of sp³-hybridized carbons (Fsp3) is 0.550. The van der Waals surface area contributed by atoms with E-state index in [1.165, 1.54) is 0 Å². The van der Waals surface area contributed by atoms with E-state index in [4.69, 9.17) is 4.74 Å². The van der Waals surface area contributed by atoms with E-state index in [0.717, 1.165) is 24.2 Å². The van der Waals surface area contributed by atoms with Gasteiger partial charge in [-0.25, -0.2) is 22.7 Å². The number of amides is 1. The standard InChI is InChI=1S/C20H25N5O4S/c1-14-2-5-17(22-12-14)23-18(26)16-13-24-11-8-21-19(24)20(29-16)6-9-25(10-7-20)30(27,28)15-3-4-15/h2,5,8,11-12,15-16H,3-4,6-7,9-10,13H2,1H3,(H,22,23,26). The van der Waals surface area contributed by atoms with Crippen LogP contribution in [0.3, 0.4) is 0 Å². The van der Waals surface area contributed by atoms with Crippen molar-refractivity contribution in [1.82, 2.24) is 18.8 Å². The van der Waals surface area contributed by atoms with Crippen LogP contribution in [0.1, 0.15) is 37.1 Å². The van der Waals surface area contributed by atoms with E-state index in [-0.39, 0.29) is 11.2 Å². The average molecular weight is 432 g/mol. The Bertz CT molecular complexity index is 1050. The second-order valence-electron chi connectivity index (χ2n) is 8.36. The Morgan fingerprint density at radius 2 is 2.00 bits per heavy atom. The lowest BCUT2D eigenvalue weighted by Gasteiger charge is -2.45. The summed E-state index contributed by atoms with van der Waals surface area (Å²) in [5, 5.41) is 2.60. The van der Waals surface area contributed by atoms with Crippen LogP contribution in [-0.4, -0.2) is 57.6 Å². The molecule has 5 rings (SSSR count). The van der Waals surface area contributed by atoms with Gasteiger partial charge in [0.05, 0.1) is 11.8 Å². The first-order valence-corrected chi connectivity index (χ1v) is 11.8. The summed E-state index contributed by atoms with van der Waals surface area (Å²) in [7, 11) is -3.22. The predicted octanol–water partition coefficient (Wildman–Crippen LogP) is 1.41. The van der Waals surface area contributed by atoms with E-state index in [1.807, 2.05) is 23.8 Å². The molecule has 160 valence electrons. The number of rotatable bonds is 4. The number of nitrogens with one attached hydrogen (secondary N) is 1. The maximum atomic E-state index is 12.9. The second-order valence-corrected chi connectivity index (χ2v) is 10.6. The summed E-state index contributed by atoms with van der Waals surface area (Å²) in [4.78, 5) is 21.6. The monoisotopic (exact) mass is 431 g/mol. The number of anilines is 1. The molecule has 3 aliphatic rings. The van der Waals surface area contributed by atoms with E-state index in [0.29, 0.717) is 38.3 Å². The Morgan fingerprint density at radius 1 is 1.23 bits per heavy atom. The summed E-state index contributed by atoms with van der Waals surface area (Å²) in [5.41, 5.74) is 0.247. The third-order valence-corrected chi connectivity index (χ3v) is 8.54. The molecule has 2 aromatic heterocycles. The number of nitrogens with zero attached hydrogens (tertiary/aromatic N) is 4. The van der Waals surface area contributed by atoms with E-state index in [9.17, 15) is 13.2 Å². The van der Waals surface area contributed by atoms with Crippen LogP contribution in [0.4, 0.5) is 5.82 Å². The third kappa shape index (κ3) is 3.42. The molecule has 4 heterocycles. The number of hydrogen-bond donors (Lipinski definition) is 1. The molecule has 1 unspecified atom stereocenters. The topological polar surface area (TPSA) is 106 Å². The largest absolute Gasteiger partial charge is 0.352 e. The number of carbonyl (C=O) groups is 1. The van der Waals surface area contributed by atoms with Crippen LogP contribution in [0.25, 0.3) is 0 Å². The molecular formula is C20H25N5O4S. The molecule has 2 aromatic rings. The number of aromatic nitrogens is 3. The number of piperidine rings is 1. The van der Waals surface area contributed by atoms with Gasteiger partial charge in [0.1, 0.15) is 17.2 Å². The van der Waals surface area contributed by atoms with Crippen molar-refractivity contribution in [2.75, 3.05) is 18.4 Å². The minimum absolute atomic E-state index is 0.221. The van der Waals surface area contributed by atoms with Gasteiger partial charge in [-0.05, 0) is 44.2 Å². The Labute approximate surface area is 175 Å². The first-order chi connectivity index (χ1) is 14.4. The molecule has 1 amide bonds.